The zero-order valence-electron chi connectivity index (χ0n) is 13.2. The van der Waals surface area contributed by atoms with Crippen LogP contribution < -0.4 is 5.73 Å². The number of aliphatic hydroxyl groups excluding tert-OH is 1. The van der Waals surface area contributed by atoms with Gasteiger partial charge in [-0.05, 0) is 55.9 Å². The molecule has 1 unspecified atom stereocenters. The van der Waals surface area contributed by atoms with E-state index in [4.69, 9.17) is 5.73 Å². The Hall–Kier alpha value is -0.860. The van der Waals surface area contributed by atoms with Crippen LogP contribution in [0.25, 0.3) is 0 Å². The Kier molecular flexibility index (Phi) is 4.87. The lowest BCUT2D eigenvalue weighted by Gasteiger charge is -2.37. The molecule has 0 spiro atoms. The molecule has 1 saturated carbocycles. The van der Waals surface area contributed by atoms with Gasteiger partial charge >= 0.3 is 0 Å². The largest absolute Gasteiger partial charge is 0.388 e. The summed E-state index contributed by atoms with van der Waals surface area (Å²) in [5.74, 6) is 0. The normalized spacial score (nSPS) is 20.4. The van der Waals surface area contributed by atoms with Gasteiger partial charge in [-0.25, -0.2) is 0 Å². The van der Waals surface area contributed by atoms with Crippen LogP contribution in [0.2, 0.25) is 0 Å². The molecule has 1 atom stereocenters. The predicted molar refractivity (Wildman–Crippen MR) is 84.8 cm³/mol. The average Bonchev–Trinajstić information content (AvgIpc) is 2.68. The molecule has 0 bridgehead atoms. The Balaban J connectivity index is 2.37. The predicted octanol–water partition coefficient (Wildman–Crippen LogP) is 3.94. The van der Waals surface area contributed by atoms with E-state index in [-0.39, 0.29) is 5.41 Å². The number of rotatable bonds is 3. The fourth-order valence-electron chi connectivity index (χ4n) is 3.63. The fourth-order valence-corrected chi connectivity index (χ4v) is 3.63. The summed E-state index contributed by atoms with van der Waals surface area (Å²) in [5.41, 5.74) is 10.8. The van der Waals surface area contributed by atoms with Crippen molar-refractivity contribution in [2.75, 3.05) is 6.54 Å². The SMILES string of the molecule is Cc1cc(C)c(C(O)C2(CN)CCCCCC2)cc1C. The number of benzene rings is 1. The van der Waals surface area contributed by atoms with Gasteiger partial charge in [0, 0.05) is 12.0 Å². The van der Waals surface area contributed by atoms with Crippen LogP contribution in [-0.2, 0) is 0 Å². The maximum Gasteiger partial charge on any atom is 0.0860 e. The molecular formula is C18H29NO. The number of hydrogen-bond acceptors (Lipinski definition) is 2. The molecule has 2 nitrogen and oxygen atoms in total. The van der Waals surface area contributed by atoms with Crippen LogP contribution in [-0.4, -0.2) is 11.7 Å². The van der Waals surface area contributed by atoms with Crippen molar-refractivity contribution in [1.29, 1.82) is 0 Å². The van der Waals surface area contributed by atoms with Gasteiger partial charge in [-0.3, -0.25) is 0 Å². The lowest BCUT2D eigenvalue weighted by Crippen LogP contribution is -2.36. The van der Waals surface area contributed by atoms with Gasteiger partial charge in [0.25, 0.3) is 0 Å². The summed E-state index contributed by atoms with van der Waals surface area (Å²) in [6.45, 7) is 6.93. The van der Waals surface area contributed by atoms with Gasteiger partial charge in [0.2, 0.25) is 0 Å². The molecule has 2 heteroatoms. The minimum atomic E-state index is -0.426. The summed E-state index contributed by atoms with van der Waals surface area (Å²) in [4.78, 5) is 0. The van der Waals surface area contributed by atoms with Crippen molar-refractivity contribution in [2.45, 2.75) is 65.4 Å². The van der Waals surface area contributed by atoms with E-state index in [1.807, 2.05) is 0 Å². The number of hydrogen-bond donors (Lipinski definition) is 2. The summed E-state index contributed by atoms with van der Waals surface area (Å²) in [6, 6.07) is 4.35. The molecular weight excluding hydrogens is 246 g/mol. The molecule has 0 saturated heterocycles. The Morgan fingerprint density at radius 1 is 1.00 bits per heavy atom. The summed E-state index contributed by atoms with van der Waals surface area (Å²) in [5, 5.41) is 11.0. The van der Waals surface area contributed by atoms with Crippen LogP contribution in [0, 0.1) is 26.2 Å². The smallest absolute Gasteiger partial charge is 0.0860 e. The molecule has 1 aliphatic rings. The molecule has 2 rings (SSSR count). The summed E-state index contributed by atoms with van der Waals surface area (Å²) < 4.78 is 0. The zero-order valence-corrected chi connectivity index (χ0v) is 13.2. The maximum absolute atomic E-state index is 11.0. The van der Waals surface area contributed by atoms with Crippen molar-refractivity contribution in [2.24, 2.45) is 11.1 Å². The van der Waals surface area contributed by atoms with Gasteiger partial charge in [-0.1, -0.05) is 37.8 Å². The van der Waals surface area contributed by atoms with Crippen LogP contribution >= 0.6 is 0 Å². The molecule has 1 fully saturated rings. The minimum Gasteiger partial charge on any atom is -0.388 e. The Labute approximate surface area is 123 Å². The molecule has 0 amide bonds. The Morgan fingerprint density at radius 2 is 1.55 bits per heavy atom. The molecule has 0 heterocycles. The standard InChI is InChI=1S/C18H29NO/c1-13-10-15(3)16(11-14(13)2)17(20)18(12-19)8-6-4-5-7-9-18/h10-11,17,20H,4-9,12,19H2,1-3H3. The third-order valence-corrected chi connectivity index (χ3v) is 5.26. The number of aliphatic hydroxyl groups is 1. The van der Waals surface area contributed by atoms with E-state index < -0.39 is 6.10 Å². The Morgan fingerprint density at radius 3 is 2.10 bits per heavy atom. The van der Waals surface area contributed by atoms with E-state index in [1.165, 1.54) is 42.4 Å². The van der Waals surface area contributed by atoms with Gasteiger partial charge in [0.1, 0.15) is 0 Å². The first-order valence-electron chi connectivity index (χ1n) is 7.96. The van der Waals surface area contributed by atoms with E-state index in [9.17, 15) is 5.11 Å². The van der Waals surface area contributed by atoms with Gasteiger partial charge in [0.05, 0.1) is 6.10 Å². The first kappa shape index (κ1) is 15.5. The van der Waals surface area contributed by atoms with Crippen LogP contribution in [0.5, 0.6) is 0 Å². The molecule has 0 radical (unpaired) electrons. The third kappa shape index (κ3) is 2.91. The van der Waals surface area contributed by atoms with Crippen molar-refractivity contribution in [1.82, 2.24) is 0 Å². The molecule has 112 valence electrons. The maximum atomic E-state index is 11.0. The first-order chi connectivity index (χ1) is 9.50. The molecule has 0 aromatic heterocycles. The van der Waals surface area contributed by atoms with Crippen molar-refractivity contribution >= 4 is 0 Å². The molecule has 20 heavy (non-hydrogen) atoms. The monoisotopic (exact) mass is 275 g/mol. The van der Waals surface area contributed by atoms with E-state index in [0.717, 1.165) is 18.4 Å². The van der Waals surface area contributed by atoms with Crippen molar-refractivity contribution < 1.29 is 5.11 Å². The number of nitrogens with two attached hydrogens (primary N) is 1. The van der Waals surface area contributed by atoms with Gasteiger partial charge in [0.15, 0.2) is 0 Å². The fraction of sp³-hybridized carbons (Fsp3) is 0.667. The van der Waals surface area contributed by atoms with Gasteiger partial charge in [-0.15, -0.1) is 0 Å². The summed E-state index contributed by atoms with van der Waals surface area (Å²) in [7, 11) is 0. The molecule has 1 aromatic rings. The van der Waals surface area contributed by atoms with E-state index >= 15 is 0 Å². The molecule has 0 aliphatic heterocycles. The summed E-state index contributed by atoms with van der Waals surface area (Å²) >= 11 is 0. The molecule has 1 aliphatic carbocycles. The lowest BCUT2D eigenvalue weighted by molar-refractivity contribution is 0.0162. The topological polar surface area (TPSA) is 46.2 Å². The summed E-state index contributed by atoms with van der Waals surface area (Å²) in [6.07, 6.45) is 6.62. The van der Waals surface area contributed by atoms with E-state index in [0.29, 0.717) is 6.54 Å². The Bertz CT molecular complexity index is 459. The van der Waals surface area contributed by atoms with Crippen LogP contribution in [0.15, 0.2) is 12.1 Å². The van der Waals surface area contributed by atoms with Crippen LogP contribution in [0.4, 0.5) is 0 Å². The minimum absolute atomic E-state index is 0.122. The van der Waals surface area contributed by atoms with Crippen LogP contribution in [0.3, 0.4) is 0 Å². The average molecular weight is 275 g/mol. The lowest BCUT2D eigenvalue weighted by atomic mass is 9.72. The highest BCUT2D eigenvalue weighted by Gasteiger charge is 2.38. The zero-order chi connectivity index (χ0) is 14.8. The second-order valence-corrected chi connectivity index (χ2v) is 6.68. The van der Waals surface area contributed by atoms with E-state index in [1.54, 1.807) is 0 Å². The highest BCUT2D eigenvalue weighted by molar-refractivity contribution is 5.38. The molecule has 3 N–H and O–H groups in total. The number of aryl methyl sites for hydroxylation is 3. The van der Waals surface area contributed by atoms with Crippen LogP contribution in [0.1, 0.15) is 66.9 Å². The second-order valence-electron chi connectivity index (χ2n) is 6.68. The van der Waals surface area contributed by atoms with Gasteiger partial charge in [-0.2, -0.15) is 0 Å². The second kappa shape index (κ2) is 6.28. The van der Waals surface area contributed by atoms with Crippen molar-refractivity contribution in [3.8, 4) is 0 Å². The van der Waals surface area contributed by atoms with Crippen molar-refractivity contribution in [3.05, 3.63) is 34.4 Å². The molecule has 1 aromatic carbocycles. The highest BCUT2D eigenvalue weighted by atomic mass is 16.3. The third-order valence-electron chi connectivity index (χ3n) is 5.26. The van der Waals surface area contributed by atoms with Gasteiger partial charge < -0.3 is 10.8 Å². The van der Waals surface area contributed by atoms with Crippen molar-refractivity contribution in [3.63, 3.8) is 0 Å². The quantitative estimate of drug-likeness (QED) is 0.821. The van der Waals surface area contributed by atoms with E-state index in [2.05, 4.69) is 32.9 Å². The highest BCUT2D eigenvalue weighted by Crippen LogP contribution is 2.45. The first-order valence-corrected chi connectivity index (χ1v) is 7.96.